The van der Waals surface area contributed by atoms with Crippen LogP contribution in [-0.2, 0) is 0 Å². The SMILES string of the molecule is CCC(C)N(C(C)C)C(C)C[C@@H](c1cc(C(C)C)c(C)cc1O)c1ccc(C)c(C)c1C.[HH].[HH].[HH].[HH].[HH].[HH].[HH].[HH].[HH].[HH].[HH].[HH].[HH].[HH].[HH].[HH].[HH].[HH].[HH].[HH].[HH].[HH].[HH].[HH].[HH].[HH].[HH].[HH].[HH].[HH].[HH].[HH].[HH].[HH].[HH].[HH].[HH].[HH].[HH].[HH].[HH].[HH].[HH].[HH].[HH].[HH].[HH].[HH].[HH].[HH].[HH].[HH].[HH].[HH].[HH].[HH].[HH].[HH].[HH].[HH].[HH].[HH].[HH].[HH].[HH].[HH].[HH].[HH].[HH].[HH].[HH].[HH].[HH].[HH].[HH].[HH].[HH].[HH].[HH].[HH].[HH].[HH].[HH].[HH].[HH].[HH].[HH].[HH].[HH].[HH].[HH].[HH].[HH].[HH].[HH].[HH].[HH].[HH].[HH].[HH].[HH].[HH].[HH].[HH].[HH].[HH].[HH].[HH].[HH].[HH].[HH].[HH].[HH].[HH].[HH].[HH].[HH].[HH].[HH].[HH].[HH].[HH].[HH].[HH].[HH].[HH].[HH].[HH].[HH].[HH].[HH].[HH].[HH].[HH].[HH].[HH].[HH].[HH].[HH].[HH].[HH].[HH].[HH].[HH].[HH].[HH].[HH].[HH].[HH].[HH].[HH].[HH].[HH].[HH].[HH].[HH].[HH].[HH].[HH].[HH].[HH].[HH].[HH].[HH].[HH].[HH].[HH].[HH].[HH].[HH].[HH].[HH].[HH].[HH].[HH].[HH].[HH].[HH].[HH].[HH].[HH].[HH].[HH].[HH].[HH].[HH].[HH].[HH].[HH].[HH].[HH].[HH].[HH].[HH]. The van der Waals surface area contributed by atoms with Crippen LogP contribution in [0.3, 0.4) is 0 Å². The number of aromatic hydroxyl groups is 1. The smallest absolute Gasteiger partial charge is 0.119 e. The summed E-state index contributed by atoms with van der Waals surface area (Å²) in [7, 11) is 0. The highest BCUT2D eigenvalue weighted by Gasteiger charge is 2.29. The summed E-state index contributed by atoms with van der Waals surface area (Å²) in [6, 6.07) is 10.2. The van der Waals surface area contributed by atoms with Gasteiger partial charge in [0, 0.05) is 306 Å². The quantitative estimate of drug-likeness (QED) is 0.272. The molecule has 2 aromatic carbocycles. The predicted octanol–water partition coefficient (Wildman–Crippen LogP) is 55.9. The molecule has 0 fully saturated rings. The van der Waals surface area contributed by atoms with Crippen LogP contribution >= 0.6 is 0 Å². The second kappa shape index (κ2) is 10.9. The number of hydrogen-bond acceptors (Lipinski definition) is 2. The molecular formula is C30H435NO. The van der Waals surface area contributed by atoms with E-state index in [2.05, 4.69) is 99.3 Å². The Labute approximate surface area is 486 Å². The van der Waals surface area contributed by atoms with Crippen LogP contribution in [0.25, 0.3) is 0 Å². The van der Waals surface area contributed by atoms with Gasteiger partial charge >= 0.3 is 0 Å². The van der Waals surface area contributed by atoms with Crippen LogP contribution in [0.2, 0.25) is 0 Å². The molecule has 0 spiro atoms. The zero-order chi connectivity index (χ0) is 24.3. The van der Waals surface area contributed by atoms with E-state index in [4.69, 9.17) is 0 Å². The Kier molecular flexibility index (Phi) is 8.99. The lowest BCUT2D eigenvalue weighted by Gasteiger charge is -2.39. The predicted molar refractivity (Wildman–Crippen MR) is 550 cm³/mol. The number of phenolic OH excluding ortho intramolecular Hbond substituents is 1. The van der Waals surface area contributed by atoms with Gasteiger partial charge in [-0.2, -0.15) is 0 Å². The maximum absolute atomic E-state index is 11.1. The van der Waals surface area contributed by atoms with Crippen molar-refractivity contribution < 1.29 is 282 Å². The summed E-state index contributed by atoms with van der Waals surface area (Å²) in [6.07, 6.45) is 2.13. The molecule has 0 radical (unpaired) electrons. The van der Waals surface area contributed by atoms with Crippen LogP contribution in [0.5, 0.6) is 5.75 Å². The van der Waals surface area contributed by atoms with Crippen molar-refractivity contribution in [3.8, 4) is 5.75 Å². The maximum Gasteiger partial charge on any atom is 0.119 e. The zero-order valence-electron chi connectivity index (χ0n) is 22.5. The maximum atomic E-state index is 11.1. The highest BCUT2D eigenvalue weighted by molar-refractivity contribution is 5.51. The fraction of sp³-hybridized carbons (Fsp3) is 0.600. The minimum atomic E-state index is 0. The van der Waals surface area contributed by atoms with E-state index >= 15 is 0 Å². The van der Waals surface area contributed by atoms with Gasteiger partial charge in [-0.1, -0.05) is 39.0 Å². The molecule has 0 aliphatic heterocycles. The van der Waals surface area contributed by atoms with E-state index in [0.717, 1.165) is 18.4 Å². The molecule has 0 aliphatic rings. The molecule has 0 bridgehead atoms. The standard InChI is InChI=1S/C30H47NO.194H2/c1-12-22(8)31(19(4)5)23(9)16-28(26-14-13-20(6)24(10)25(26)11)29-17-27(18(2)3)21(7)15-30(29)32;;;;;;;;;;;;;;;;;;;;;;;;;;;;;;;;;;;;;;;;;;;;;;;;;;;;;;;;;;;;;;;;;;;;;;;;;;;;;;;;;;;;;;;;;;;;;;;;;;;;;;;;;;;;;;;;;;;;;;;;;;;;;;;;;;;;;;;;;;;;;;;;;;;;;;;;;;;;;;;;;;;;;;;;;;;;;;;;;;;;;;;;;;;;;;;;;;/h13-15,17-19,22-23,28,32H,12,16H2,1-11H3;194*1H/t22?,23?,28-;;;;;;;;;;;;;;;;;;;;;;;;;;;;;;;;;;;;;;;;;;;;;;;;;;;;;;;;;;;;;;;;;;;;;;;;;;;;;;;;;;;;;;;;;;;;;;;;;;;;;;;;;;;;;;;;;;;;;;;;;;;;;;;;;;;;;;;;;;;;;;;;;;;;;;;;;;;;;;;;;;;;;;;;;;;;;;;;;;;;;;;;;;;;;;;;;;/m1................................................................................................................................................................................................../s1. The van der Waals surface area contributed by atoms with E-state index in [0.29, 0.717) is 29.8 Å². The van der Waals surface area contributed by atoms with Gasteiger partial charge in [-0.05, 0) is 114 Å². The van der Waals surface area contributed by atoms with Gasteiger partial charge in [-0.15, -0.1) is 0 Å². The summed E-state index contributed by atoms with van der Waals surface area (Å²) in [5.74, 6) is 1.02. The van der Waals surface area contributed by atoms with Gasteiger partial charge in [0.15, 0.2) is 0 Å². The van der Waals surface area contributed by atoms with E-state index in [1.807, 2.05) is 6.07 Å². The summed E-state index contributed by atoms with van der Waals surface area (Å²) in [6.45, 7) is 24.8. The summed E-state index contributed by atoms with van der Waals surface area (Å²) in [5, 5.41) is 11.1. The van der Waals surface area contributed by atoms with Crippen LogP contribution < -0.4 is 0 Å². The van der Waals surface area contributed by atoms with Crippen molar-refractivity contribution in [3.05, 3.63) is 63.2 Å². The van der Waals surface area contributed by atoms with Crippen LogP contribution in [-0.4, -0.2) is 28.1 Å². The first-order valence-electron chi connectivity index (χ1n) is 12.6. The number of rotatable bonds is 9. The van der Waals surface area contributed by atoms with Crippen molar-refractivity contribution in [2.24, 2.45) is 0 Å². The van der Waals surface area contributed by atoms with Crippen molar-refractivity contribution in [1.29, 1.82) is 0 Å². The summed E-state index contributed by atoms with van der Waals surface area (Å²) in [5.41, 5.74) is 8.98. The molecule has 566 valence electrons. The Hall–Kier alpha value is -1.80. The summed E-state index contributed by atoms with van der Waals surface area (Å²) < 4.78 is 0. The second-order valence-electron chi connectivity index (χ2n) is 10.6. The van der Waals surface area contributed by atoms with Crippen molar-refractivity contribution in [2.45, 2.75) is 119 Å². The van der Waals surface area contributed by atoms with Gasteiger partial charge < -0.3 is 5.11 Å². The van der Waals surface area contributed by atoms with E-state index in [-0.39, 0.29) is 283 Å². The average Bonchev–Trinajstić information content (AvgIpc) is 2.70. The fourth-order valence-electron chi connectivity index (χ4n) is 5.53. The lowest BCUT2D eigenvalue weighted by Crippen LogP contribution is -2.45. The van der Waals surface area contributed by atoms with Crippen molar-refractivity contribution in [2.75, 3.05) is 0 Å². The average molecular weight is 829 g/mol. The molecule has 0 saturated carbocycles. The molecule has 1 N–H and O–H groups in total. The normalized spacial score (nSPS) is 14.9. The number of phenols is 1. The Balaban J connectivity index is -0.000000000294. The number of aryl methyl sites for hydroxylation is 2. The molecule has 0 aromatic heterocycles. The minimum absolute atomic E-state index is 0. The highest BCUT2D eigenvalue weighted by atomic mass is 16.3. The molecule has 0 amide bonds. The van der Waals surface area contributed by atoms with E-state index in [1.165, 1.54) is 33.4 Å². The van der Waals surface area contributed by atoms with Gasteiger partial charge in [0.05, 0.1) is 0 Å². The second-order valence-corrected chi connectivity index (χ2v) is 10.6. The molecule has 32 heavy (non-hydrogen) atoms. The van der Waals surface area contributed by atoms with Crippen molar-refractivity contribution in [1.82, 2.24) is 4.90 Å². The van der Waals surface area contributed by atoms with Gasteiger partial charge in [-0.25, -0.2) is 0 Å². The summed E-state index contributed by atoms with van der Waals surface area (Å²) in [4.78, 5) is 2.65. The molecule has 3 atom stereocenters. The lowest BCUT2D eigenvalue weighted by atomic mass is 9.79. The Morgan fingerprint density at radius 2 is 1.41 bits per heavy atom. The van der Waals surface area contributed by atoms with Crippen LogP contribution in [0.4, 0.5) is 0 Å². The molecule has 2 nitrogen and oxygen atoms in total. The van der Waals surface area contributed by atoms with Gasteiger partial charge in [0.1, 0.15) is 5.75 Å². The number of nitrogens with zero attached hydrogens (tertiary/aromatic N) is 1. The third-order valence-corrected chi connectivity index (χ3v) is 7.67. The molecule has 0 heterocycles. The Morgan fingerprint density at radius 3 is 1.94 bits per heavy atom. The third-order valence-electron chi connectivity index (χ3n) is 7.67. The van der Waals surface area contributed by atoms with E-state index in [9.17, 15) is 5.11 Å². The number of hydrogen-bond donors (Lipinski definition) is 1. The monoisotopic (exact) mass is 828 g/mol. The fourth-order valence-corrected chi connectivity index (χ4v) is 5.53. The van der Waals surface area contributed by atoms with Crippen LogP contribution in [0, 0.1) is 27.7 Å². The lowest BCUT2D eigenvalue weighted by molar-refractivity contribution is 0.102. The van der Waals surface area contributed by atoms with E-state index in [1.54, 1.807) is 0 Å². The van der Waals surface area contributed by atoms with Crippen LogP contribution in [0.15, 0.2) is 24.3 Å². The van der Waals surface area contributed by atoms with Gasteiger partial charge in [0.25, 0.3) is 0 Å². The van der Waals surface area contributed by atoms with Crippen molar-refractivity contribution in [3.63, 3.8) is 0 Å². The molecule has 2 aromatic rings. The molecule has 2 unspecified atom stereocenters. The first-order valence-corrected chi connectivity index (χ1v) is 12.6. The van der Waals surface area contributed by atoms with Crippen molar-refractivity contribution >= 4 is 0 Å². The molecule has 0 aliphatic carbocycles. The largest absolute Gasteiger partial charge is 0.508 e. The molecular weight excluding hydrogens is 390 g/mol. The minimum Gasteiger partial charge on any atom is -0.508 e. The van der Waals surface area contributed by atoms with Crippen LogP contribution in [0.1, 0.15) is 389 Å². The summed E-state index contributed by atoms with van der Waals surface area (Å²) >= 11 is 0. The molecule has 2 heteroatoms. The molecule has 0 saturated heterocycles. The Morgan fingerprint density at radius 1 is 0.781 bits per heavy atom. The van der Waals surface area contributed by atoms with E-state index < -0.39 is 0 Å². The highest BCUT2D eigenvalue weighted by Crippen LogP contribution is 2.41. The zero-order valence-corrected chi connectivity index (χ0v) is 22.5. The Bertz CT molecular complexity index is 1040. The first-order chi connectivity index (χ1) is 14.9. The topological polar surface area (TPSA) is 23.5 Å². The third kappa shape index (κ3) is 5.57. The first kappa shape index (κ1) is 26.5. The van der Waals surface area contributed by atoms with Gasteiger partial charge in [0.2, 0.25) is 0 Å². The van der Waals surface area contributed by atoms with Gasteiger partial charge in [-0.3, -0.25) is 4.90 Å². The number of benzene rings is 2. The molecule has 2 rings (SSSR count).